The van der Waals surface area contributed by atoms with Gasteiger partial charge in [-0.1, -0.05) is 96.8 Å². The van der Waals surface area contributed by atoms with Gasteiger partial charge in [-0.15, -0.1) is 0 Å². The van der Waals surface area contributed by atoms with Gasteiger partial charge in [-0.05, 0) is 24.6 Å². The van der Waals surface area contributed by atoms with Gasteiger partial charge in [0.2, 0.25) is 5.91 Å². The Labute approximate surface area is 212 Å². The molecule has 1 rings (SSSR count). The minimum atomic E-state index is -4.62. The van der Waals surface area contributed by atoms with E-state index in [4.69, 9.17) is 0 Å². The summed E-state index contributed by atoms with van der Waals surface area (Å²) in [6.07, 6.45) is 13.6. The summed E-state index contributed by atoms with van der Waals surface area (Å²) in [6.45, 7) is 2.24. The van der Waals surface area contributed by atoms with Crippen LogP contribution in [0.2, 0.25) is 0 Å². The van der Waals surface area contributed by atoms with E-state index < -0.39 is 44.7 Å². The summed E-state index contributed by atoms with van der Waals surface area (Å²) in [6, 6.07) is 2.49. The maximum absolute atomic E-state index is 12.9. The van der Waals surface area contributed by atoms with Crippen molar-refractivity contribution in [3.05, 3.63) is 32.9 Å². The predicted octanol–water partition coefficient (Wildman–Crippen LogP) is 8.71. The highest BCUT2D eigenvalue weighted by atomic mass is 127. The van der Waals surface area contributed by atoms with Gasteiger partial charge in [-0.25, -0.2) is 0 Å². The highest BCUT2D eigenvalue weighted by molar-refractivity contribution is 14.1. The molecule has 0 aliphatic rings. The Morgan fingerprint density at radius 2 is 1.26 bits per heavy atom. The number of rotatable bonds is 18. The van der Waals surface area contributed by atoms with E-state index >= 15 is 0 Å². The number of nitrogens with one attached hydrogen (secondary N) is 1. The third-order valence-corrected chi connectivity index (χ3v) is 7.30. The monoisotopic (exact) mass is 597 g/mol. The van der Waals surface area contributed by atoms with Crippen LogP contribution in [0, 0.1) is 3.57 Å². The van der Waals surface area contributed by atoms with Crippen LogP contribution in [0.1, 0.15) is 126 Å². The number of hydrogen-bond donors (Lipinski definition) is 1. The summed E-state index contributed by atoms with van der Waals surface area (Å²) >= 11 is -1.84. The molecule has 2 amide bonds. The third-order valence-electron chi connectivity index (χ3n) is 5.88. The first-order chi connectivity index (χ1) is 16.3. The van der Waals surface area contributed by atoms with E-state index in [1.165, 1.54) is 70.6 Å². The summed E-state index contributed by atoms with van der Waals surface area (Å²) in [5.74, 6) is -1.45. The molecule has 34 heavy (non-hydrogen) atoms. The molecule has 0 atom stereocenters. The molecular formula is C26H39F3INO3. The number of halogens is 4. The lowest BCUT2D eigenvalue weighted by Gasteiger charge is -2.10. The number of unbranched alkanes of at least 4 members (excludes halogenated alkanes) is 14. The molecule has 0 fully saturated rings. The van der Waals surface area contributed by atoms with Gasteiger partial charge in [0.15, 0.2) is 21.2 Å². The van der Waals surface area contributed by atoms with Crippen LogP contribution in [-0.2, 0) is 14.0 Å². The van der Waals surface area contributed by atoms with Crippen molar-refractivity contribution in [2.45, 2.75) is 116 Å². The largest absolute Gasteiger partial charge is 0.416 e. The van der Waals surface area contributed by atoms with Crippen LogP contribution in [0.25, 0.3) is 0 Å². The zero-order chi connectivity index (χ0) is 25.2. The summed E-state index contributed by atoms with van der Waals surface area (Å²) < 4.78 is 50.0. The van der Waals surface area contributed by atoms with Gasteiger partial charge in [0.25, 0.3) is 5.91 Å². The molecule has 0 saturated heterocycles. The van der Waals surface area contributed by atoms with Crippen molar-refractivity contribution >= 4 is 33.0 Å². The second-order valence-electron chi connectivity index (χ2n) is 8.85. The molecule has 0 aliphatic heterocycles. The predicted molar refractivity (Wildman–Crippen MR) is 137 cm³/mol. The molecule has 0 saturated carbocycles. The molecule has 1 N–H and O–H groups in total. The lowest BCUT2D eigenvalue weighted by Crippen LogP contribution is -2.31. The topological polar surface area (TPSA) is 63.2 Å². The average Bonchev–Trinajstić information content (AvgIpc) is 2.80. The second-order valence-corrected chi connectivity index (χ2v) is 10.4. The lowest BCUT2D eigenvalue weighted by atomic mass is 10.0. The quantitative estimate of drug-likeness (QED) is 0.136. The van der Waals surface area contributed by atoms with Gasteiger partial charge in [0.05, 0.1) is 14.7 Å². The minimum Gasteiger partial charge on any atom is -0.292 e. The molecule has 0 spiro atoms. The molecule has 0 radical (unpaired) electrons. The number of carbonyl (C=O) groups is 2. The van der Waals surface area contributed by atoms with Crippen LogP contribution in [0.5, 0.6) is 0 Å². The first-order valence-electron chi connectivity index (χ1n) is 12.6. The Morgan fingerprint density at radius 3 is 1.71 bits per heavy atom. The molecule has 194 valence electrons. The molecular weight excluding hydrogens is 558 g/mol. The molecule has 0 bridgehead atoms. The normalized spacial score (nSPS) is 11.5. The molecule has 0 aliphatic carbocycles. The number of benzene rings is 1. The number of carbonyl (C=O) groups excluding carboxylic acids is 2. The minimum absolute atomic E-state index is 0.0454. The van der Waals surface area contributed by atoms with E-state index in [0.717, 1.165) is 31.4 Å². The Balaban J connectivity index is 2.13. The third kappa shape index (κ3) is 13.5. The van der Waals surface area contributed by atoms with Crippen LogP contribution in [0.3, 0.4) is 0 Å². The van der Waals surface area contributed by atoms with Crippen molar-refractivity contribution in [1.29, 1.82) is 0 Å². The summed E-state index contributed by atoms with van der Waals surface area (Å²) in [5, 5.41) is 2.13. The first-order valence-corrected chi connectivity index (χ1v) is 14.6. The fourth-order valence-electron chi connectivity index (χ4n) is 3.86. The number of alkyl halides is 3. The van der Waals surface area contributed by atoms with Gasteiger partial charge >= 0.3 is 6.18 Å². The van der Waals surface area contributed by atoms with E-state index in [1.54, 1.807) is 0 Å². The fraction of sp³-hybridized carbons (Fsp3) is 0.692. The zero-order valence-electron chi connectivity index (χ0n) is 20.3. The average molecular weight is 598 g/mol. The lowest BCUT2D eigenvalue weighted by molar-refractivity contribution is -0.137. The van der Waals surface area contributed by atoms with Crippen LogP contribution < -0.4 is 5.32 Å². The van der Waals surface area contributed by atoms with Gasteiger partial charge in [-0.2, -0.15) is 13.2 Å². The van der Waals surface area contributed by atoms with Crippen LogP contribution in [0.15, 0.2) is 18.2 Å². The summed E-state index contributed by atoms with van der Waals surface area (Å²) in [4.78, 5) is 24.3. The van der Waals surface area contributed by atoms with Crippen molar-refractivity contribution in [2.24, 2.45) is 0 Å². The van der Waals surface area contributed by atoms with Crippen LogP contribution in [0.4, 0.5) is 13.2 Å². The molecule has 8 heteroatoms. The summed E-state index contributed by atoms with van der Waals surface area (Å²) in [5.41, 5.74) is -1.35. The van der Waals surface area contributed by atoms with E-state index in [1.807, 2.05) is 0 Å². The van der Waals surface area contributed by atoms with Crippen LogP contribution in [-0.4, -0.2) is 11.8 Å². The number of imide groups is 1. The molecule has 0 heterocycles. The molecule has 0 aromatic heterocycles. The maximum Gasteiger partial charge on any atom is 0.416 e. The van der Waals surface area contributed by atoms with E-state index in [0.29, 0.717) is 12.5 Å². The highest BCUT2D eigenvalue weighted by Gasteiger charge is 2.32. The van der Waals surface area contributed by atoms with Gasteiger partial charge in [-0.3, -0.25) is 18.0 Å². The van der Waals surface area contributed by atoms with Gasteiger partial charge < -0.3 is 0 Å². The molecule has 0 unspecified atom stereocenters. The Morgan fingerprint density at radius 1 is 0.794 bits per heavy atom. The maximum atomic E-state index is 12.9. The molecule has 4 nitrogen and oxygen atoms in total. The molecule has 1 aromatic carbocycles. The van der Waals surface area contributed by atoms with Crippen molar-refractivity contribution < 1.29 is 25.8 Å². The molecule has 1 aromatic rings. The van der Waals surface area contributed by atoms with E-state index in [2.05, 4.69) is 12.2 Å². The standard InChI is InChI=1S/C26H39F3INO3/c1-2-3-4-5-6-7-8-9-10-11-12-13-14-15-16-17-24(32)31-25(33)22-20-21(26(27,28)29)18-19-23(22)30-34/h18-20H,2-17H2,1H3,(H,31,32,33). The van der Waals surface area contributed by atoms with E-state index in [-0.39, 0.29) is 15.6 Å². The van der Waals surface area contributed by atoms with Gasteiger partial charge in [0.1, 0.15) is 0 Å². The van der Waals surface area contributed by atoms with Gasteiger partial charge in [0, 0.05) is 6.42 Å². The SMILES string of the molecule is CCCCCCCCCCCCCCCCCC(=O)NC(=O)c1cc(C(F)(F)F)ccc1I=O. The Bertz CT molecular complexity index is 753. The smallest absolute Gasteiger partial charge is 0.292 e. The van der Waals surface area contributed by atoms with Crippen molar-refractivity contribution in [3.63, 3.8) is 0 Å². The second kappa shape index (κ2) is 18.0. The Kier molecular flexibility index (Phi) is 16.3. The van der Waals surface area contributed by atoms with Crippen molar-refractivity contribution in [1.82, 2.24) is 5.32 Å². The van der Waals surface area contributed by atoms with E-state index in [9.17, 15) is 25.8 Å². The Hall–Kier alpha value is -1.32. The van der Waals surface area contributed by atoms with Crippen molar-refractivity contribution in [3.8, 4) is 0 Å². The van der Waals surface area contributed by atoms with Crippen molar-refractivity contribution in [2.75, 3.05) is 0 Å². The number of hydrogen-bond acceptors (Lipinski definition) is 3. The first kappa shape index (κ1) is 30.7. The summed E-state index contributed by atoms with van der Waals surface area (Å²) in [7, 11) is 0. The zero-order valence-corrected chi connectivity index (χ0v) is 22.4. The number of amides is 2. The van der Waals surface area contributed by atoms with Crippen LogP contribution >= 0.6 is 21.2 Å². The highest BCUT2D eigenvalue weighted by Crippen LogP contribution is 2.31. The fourth-order valence-corrected chi connectivity index (χ4v) is 4.82.